The van der Waals surface area contributed by atoms with Gasteiger partial charge in [-0.1, -0.05) is 20.3 Å². The van der Waals surface area contributed by atoms with Gasteiger partial charge in [0.1, 0.15) is 5.82 Å². The number of hydrogen-bond donors (Lipinski definition) is 4. The molecule has 1 aliphatic carbocycles. The summed E-state index contributed by atoms with van der Waals surface area (Å²) in [6, 6.07) is 3.79. The standard InChI is InChI=1S/C20H28N6O2/c1-3-19(27)21-17-10-8-15(23-25-17)13-6-5-7-14(12-13)16-9-11-18(26-24-16)22-20(28)4-2/h8-11,13-14,23,25H,3-7,12H2,1-2H3,(H,21,27)(H,22,26,28). The van der Waals surface area contributed by atoms with Crippen molar-refractivity contribution in [3.05, 3.63) is 41.5 Å². The Morgan fingerprint density at radius 3 is 2.39 bits per heavy atom. The van der Waals surface area contributed by atoms with Crippen LogP contribution in [0.5, 0.6) is 0 Å². The highest BCUT2D eigenvalue weighted by Crippen LogP contribution is 2.38. The first-order valence-corrected chi connectivity index (χ1v) is 9.96. The average Bonchev–Trinajstić information content (AvgIpc) is 2.74. The fourth-order valence-electron chi connectivity index (χ4n) is 3.54. The molecule has 8 heteroatoms. The molecule has 3 rings (SSSR count). The second-order valence-electron chi connectivity index (χ2n) is 7.16. The SMILES string of the molecule is CCC(=O)NC1=CC=C(C2CCCC(c3ccc(NC(=O)CC)nn3)C2)NN1. The van der Waals surface area contributed by atoms with Crippen molar-refractivity contribution < 1.29 is 9.59 Å². The molecule has 150 valence electrons. The van der Waals surface area contributed by atoms with Crippen LogP contribution in [0.3, 0.4) is 0 Å². The molecular weight excluding hydrogens is 356 g/mol. The Labute approximate surface area is 165 Å². The molecule has 0 saturated heterocycles. The van der Waals surface area contributed by atoms with Gasteiger partial charge in [-0.15, -0.1) is 5.10 Å². The van der Waals surface area contributed by atoms with Gasteiger partial charge in [0, 0.05) is 30.4 Å². The van der Waals surface area contributed by atoms with Crippen LogP contribution in [-0.2, 0) is 9.59 Å². The first-order chi connectivity index (χ1) is 13.6. The van der Waals surface area contributed by atoms with Gasteiger partial charge in [-0.2, -0.15) is 5.10 Å². The molecule has 1 fully saturated rings. The second-order valence-corrected chi connectivity index (χ2v) is 7.16. The van der Waals surface area contributed by atoms with Crippen LogP contribution in [0.25, 0.3) is 0 Å². The van der Waals surface area contributed by atoms with E-state index in [1.165, 1.54) is 0 Å². The van der Waals surface area contributed by atoms with Crippen LogP contribution in [-0.4, -0.2) is 22.0 Å². The summed E-state index contributed by atoms with van der Waals surface area (Å²) in [5, 5.41) is 14.0. The lowest BCUT2D eigenvalue weighted by Crippen LogP contribution is -2.42. The van der Waals surface area contributed by atoms with Crippen LogP contribution < -0.4 is 21.5 Å². The Balaban J connectivity index is 1.61. The Bertz CT molecular complexity index is 771. The summed E-state index contributed by atoms with van der Waals surface area (Å²) in [5.74, 6) is 1.81. The summed E-state index contributed by atoms with van der Waals surface area (Å²) in [6.45, 7) is 3.63. The van der Waals surface area contributed by atoms with Gasteiger partial charge in [0.05, 0.1) is 5.69 Å². The van der Waals surface area contributed by atoms with E-state index in [9.17, 15) is 9.59 Å². The van der Waals surface area contributed by atoms with E-state index in [1.807, 2.05) is 31.2 Å². The summed E-state index contributed by atoms with van der Waals surface area (Å²) >= 11 is 0. The zero-order valence-corrected chi connectivity index (χ0v) is 16.4. The Morgan fingerprint density at radius 1 is 1.00 bits per heavy atom. The summed E-state index contributed by atoms with van der Waals surface area (Å²) in [6.07, 6.45) is 9.09. The third-order valence-electron chi connectivity index (χ3n) is 5.17. The molecule has 1 aliphatic heterocycles. The van der Waals surface area contributed by atoms with E-state index in [4.69, 9.17) is 0 Å². The van der Waals surface area contributed by atoms with E-state index in [0.717, 1.165) is 37.1 Å². The lowest BCUT2D eigenvalue weighted by Gasteiger charge is -2.32. The van der Waals surface area contributed by atoms with Crippen molar-refractivity contribution in [1.29, 1.82) is 0 Å². The molecular formula is C20H28N6O2. The fraction of sp³-hybridized carbons (Fsp3) is 0.500. The van der Waals surface area contributed by atoms with Crippen molar-refractivity contribution >= 4 is 17.6 Å². The van der Waals surface area contributed by atoms with Crippen LogP contribution in [0.15, 0.2) is 35.8 Å². The molecule has 8 nitrogen and oxygen atoms in total. The average molecular weight is 384 g/mol. The molecule has 2 heterocycles. The molecule has 1 saturated carbocycles. The highest BCUT2D eigenvalue weighted by Gasteiger charge is 2.27. The van der Waals surface area contributed by atoms with Crippen molar-refractivity contribution in [3.63, 3.8) is 0 Å². The molecule has 0 aromatic carbocycles. The van der Waals surface area contributed by atoms with Gasteiger partial charge in [-0.05, 0) is 43.5 Å². The van der Waals surface area contributed by atoms with Crippen molar-refractivity contribution in [2.24, 2.45) is 5.92 Å². The predicted octanol–water partition coefficient (Wildman–Crippen LogP) is 2.46. The number of anilines is 1. The van der Waals surface area contributed by atoms with Crippen LogP contribution in [0.4, 0.5) is 5.82 Å². The highest BCUT2D eigenvalue weighted by molar-refractivity contribution is 5.89. The molecule has 2 unspecified atom stereocenters. The topological polar surface area (TPSA) is 108 Å². The Morgan fingerprint density at radius 2 is 1.75 bits per heavy atom. The maximum Gasteiger partial charge on any atom is 0.225 e. The zero-order chi connectivity index (χ0) is 19.9. The smallest absolute Gasteiger partial charge is 0.225 e. The van der Waals surface area contributed by atoms with Gasteiger partial charge >= 0.3 is 0 Å². The number of aromatic nitrogens is 2. The number of nitrogens with zero attached hydrogens (tertiary/aromatic N) is 2. The molecule has 4 N–H and O–H groups in total. The number of carbonyl (C=O) groups is 2. The minimum atomic E-state index is -0.0647. The summed E-state index contributed by atoms with van der Waals surface area (Å²) in [5.41, 5.74) is 8.37. The normalized spacial score (nSPS) is 21.5. The van der Waals surface area contributed by atoms with E-state index in [0.29, 0.717) is 36.3 Å². The van der Waals surface area contributed by atoms with Gasteiger partial charge in [0.15, 0.2) is 5.82 Å². The molecule has 0 radical (unpaired) electrons. The number of amides is 2. The van der Waals surface area contributed by atoms with Crippen LogP contribution in [0.1, 0.15) is 64.0 Å². The molecule has 0 bridgehead atoms. The number of allylic oxidation sites excluding steroid dienone is 3. The molecule has 2 atom stereocenters. The lowest BCUT2D eigenvalue weighted by atomic mass is 9.78. The first kappa shape index (κ1) is 19.9. The highest BCUT2D eigenvalue weighted by atomic mass is 16.2. The molecule has 2 aliphatic rings. The number of hydrazine groups is 1. The fourth-order valence-corrected chi connectivity index (χ4v) is 3.54. The molecule has 2 amide bonds. The van der Waals surface area contributed by atoms with Crippen molar-refractivity contribution in [3.8, 4) is 0 Å². The monoisotopic (exact) mass is 384 g/mol. The third-order valence-corrected chi connectivity index (χ3v) is 5.17. The Hall–Kier alpha value is -2.90. The zero-order valence-electron chi connectivity index (χ0n) is 16.4. The number of nitrogens with one attached hydrogen (secondary N) is 4. The Kier molecular flexibility index (Phi) is 6.62. The predicted molar refractivity (Wildman–Crippen MR) is 107 cm³/mol. The van der Waals surface area contributed by atoms with Crippen molar-refractivity contribution in [1.82, 2.24) is 26.4 Å². The number of carbonyl (C=O) groups excluding carboxylic acids is 2. The van der Waals surface area contributed by atoms with E-state index >= 15 is 0 Å². The minimum Gasteiger partial charge on any atom is -0.311 e. The maximum atomic E-state index is 11.5. The number of hydrogen-bond acceptors (Lipinski definition) is 6. The van der Waals surface area contributed by atoms with E-state index in [-0.39, 0.29) is 11.8 Å². The summed E-state index contributed by atoms with van der Waals surface area (Å²) < 4.78 is 0. The van der Waals surface area contributed by atoms with E-state index < -0.39 is 0 Å². The van der Waals surface area contributed by atoms with Crippen LogP contribution >= 0.6 is 0 Å². The molecule has 0 spiro atoms. The molecule has 1 aromatic rings. The first-order valence-electron chi connectivity index (χ1n) is 9.96. The van der Waals surface area contributed by atoms with Crippen molar-refractivity contribution in [2.75, 3.05) is 5.32 Å². The molecule has 1 aromatic heterocycles. The van der Waals surface area contributed by atoms with E-state index in [2.05, 4.69) is 31.7 Å². The second kappa shape index (κ2) is 9.34. The van der Waals surface area contributed by atoms with Gasteiger partial charge in [0.2, 0.25) is 11.8 Å². The van der Waals surface area contributed by atoms with Crippen molar-refractivity contribution in [2.45, 2.75) is 58.3 Å². The summed E-state index contributed by atoms with van der Waals surface area (Å²) in [7, 11) is 0. The summed E-state index contributed by atoms with van der Waals surface area (Å²) in [4.78, 5) is 22.9. The van der Waals surface area contributed by atoms with Crippen LogP contribution in [0, 0.1) is 5.92 Å². The minimum absolute atomic E-state index is 0.0210. The van der Waals surface area contributed by atoms with Gasteiger partial charge in [0.25, 0.3) is 0 Å². The maximum absolute atomic E-state index is 11.5. The van der Waals surface area contributed by atoms with Gasteiger partial charge in [-0.3, -0.25) is 15.0 Å². The molecule has 28 heavy (non-hydrogen) atoms. The van der Waals surface area contributed by atoms with E-state index in [1.54, 1.807) is 6.92 Å². The lowest BCUT2D eigenvalue weighted by molar-refractivity contribution is -0.120. The van der Waals surface area contributed by atoms with Gasteiger partial charge < -0.3 is 16.1 Å². The van der Waals surface area contributed by atoms with Gasteiger partial charge in [-0.25, -0.2) is 0 Å². The largest absolute Gasteiger partial charge is 0.311 e. The quantitative estimate of drug-likeness (QED) is 0.600. The third kappa shape index (κ3) is 5.09. The van der Waals surface area contributed by atoms with Crippen LogP contribution in [0.2, 0.25) is 0 Å². The number of rotatable bonds is 6.